The van der Waals surface area contributed by atoms with Crippen molar-refractivity contribution < 1.29 is 14.6 Å². The Kier molecular flexibility index (Phi) is 4.32. The Bertz CT molecular complexity index is 721. The van der Waals surface area contributed by atoms with Crippen LogP contribution in [0.2, 0.25) is 0 Å². The summed E-state index contributed by atoms with van der Waals surface area (Å²) in [5, 5.41) is 11.2. The molecule has 2 atom stereocenters. The second kappa shape index (κ2) is 6.28. The predicted octanol–water partition coefficient (Wildman–Crippen LogP) is 1.94. The van der Waals surface area contributed by atoms with Gasteiger partial charge in [0.2, 0.25) is 0 Å². The van der Waals surface area contributed by atoms with Crippen molar-refractivity contribution in [1.82, 2.24) is 14.5 Å². The Morgan fingerprint density at radius 2 is 2.08 bits per heavy atom. The highest BCUT2D eigenvalue weighted by Gasteiger charge is 2.43. The molecule has 1 amide bonds. The fraction of sp³-hybridized carbons (Fsp3) is 0.444. The van der Waals surface area contributed by atoms with Gasteiger partial charge < -0.3 is 19.3 Å². The monoisotopic (exact) mass is 329 g/mol. The van der Waals surface area contributed by atoms with E-state index in [0.29, 0.717) is 12.2 Å². The first-order valence-corrected chi connectivity index (χ1v) is 8.09. The number of ether oxygens (including phenoxy) is 1. The summed E-state index contributed by atoms with van der Waals surface area (Å²) in [6.45, 7) is 2.40. The zero-order valence-electron chi connectivity index (χ0n) is 14.3. The molecule has 6 heteroatoms. The van der Waals surface area contributed by atoms with Crippen LogP contribution in [-0.4, -0.2) is 45.2 Å². The molecule has 0 unspecified atom stereocenters. The van der Waals surface area contributed by atoms with Crippen molar-refractivity contribution in [2.75, 3.05) is 13.7 Å². The van der Waals surface area contributed by atoms with Gasteiger partial charge in [0.1, 0.15) is 17.0 Å². The Morgan fingerprint density at radius 1 is 1.38 bits per heavy atom. The van der Waals surface area contributed by atoms with Gasteiger partial charge >= 0.3 is 0 Å². The van der Waals surface area contributed by atoms with Gasteiger partial charge in [0.15, 0.2) is 0 Å². The molecule has 1 aromatic carbocycles. The Morgan fingerprint density at radius 3 is 2.67 bits per heavy atom. The lowest BCUT2D eigenvalue weighted by Crippen LogP contribution is -2.48. The summed E-state index contributed by atoms with van der Waals surface area (Å²) < 4.78 is 6.92. The summed E-state index contributed by atoms with van der Waals surface area (Å²) in [5.41, 5.74) is 0.0525. The molecule has 2 aromatic rings. The molecule has 1 fully saturated rings. The molecule has 2 heterocycles. The largest absolute Gasteiger partial charge is 0.497 e. The molecule has 1 aliphatic heterocycles. The van der Waals surface area contributed by atoms with Crippen molar-refractivity contribution in [3.05, 3.63) is 48.0 Å². The minimum Gasteiger partial charge on any atom is -0.497 e. The number of aryl methyl sites for hydroxylation is 1. The molecule has 0 radical (unpaired) electrons. The summed E-state index contributed by atoms with van der Waals surface area (Å²) in [6.07, 6.45) is 4.95. The van der Waals surface area contributed by atoms with E-state index in [2.05, 4.69) is 4.98 Å². The fourth-order valence-corrected chi connectivity index (χ4v) is 3.39. The molecule has 0 saturated carbocycles. The first-order chi connectivity index (χ1) is 11.4. The van der Waals surface area contributed by atoms with Crippen molar-refractivity contribution in [3.63, 3.8) is 0 Å². The Balaban J connectivity index is 1.86. The normalized spacial score (nSPS) is 20.0. The molecular weight excluding hydrogens is 306 g/mol. The van der Waals surface area contributed by atoms with Crippen molar-refractivity contribution >= 4 is 5.91 Å². The van der Waals surface area contributed by atoms with Crippen LogP contribution in [0, 0.1) is 0 Å². The van der Waals surface area contributed by atoms with E-state index < -0.39 is 5.60 Å². The van der Waals surface area contributed by atoms with E-state index in [1.807, 2.05) is 31.3 Å². The Labute approximate surface area is 141 Å². The van der Waals surface area contributed by atoms with E-state index in [1.165, 1.54) is 0 Å². The number of hydrogen-bond acceptors (Lipinski definition) is 4. The zero-order chi connectivity index (χ0) is 17.3. The molecule has 3 rings (SSSR count). The molecule has 0 aliphatic carbocycles. The highest BCUT2D eigenvalue weighted by Crippen LogP contribution is 2.35. The van der Waals surface area contributed by atoms with E-state index in [9.17, 15) is 9.90 Å². The van der Waals surface area contributed by atoms with Crippen LogP contribution in [0.1, 0.15) is 35.8 Å². The number of aliphatic hydroxyl groups is 1. The number of carbonyl (C=O) groups excluding carboxylic acids is 1. The summed E-state index contributed by atoms with van der Waals surface area (Å²) in [7, 11) is 3.44. The third kappa shape index (κ3) is 2.89. The SMILES string of the molecule is COc1ccc([C@](C)(O)[C@H]2CCCN2C(=O)c2cn(C)cn2)cc1. The molecule has 0 bridgehead atoms. The van der Waals surface area contributed by atoms with Crippen LogP contribution in [0.25, 0.3) is 0 Å². The summed E-state index contributed by atoms with van der Waals surface area (Å²) in [6, 6.07) is 7.06. The van der Waals surface area contributed by atoms with Gasteiger partial charge in [0.05, 0.1) is 19.5 Å². The molecule has 6 nitrogen and oxygen atoms in total. The maximum atomic E-state index is 12.8. The van der Waals surface area contributed by atoms with E-state index in [-0.39, 0.29) is 11.9 Å². The third-order valence-corrected chi connectivity index (χ3v) is 4.76. The number of amides is 1. The smallest absolute Gasteiger partial charge is 0.274 e. The highest BCUT2D eigenvalue weighted by atomic mass is 16.5. The van der Waals surface area contributed by atoms with Crippen LogP contribution in [0.4, 0.5) is 0 Å². The van der Waals surface area contributed by atoms with Crippen LogP contribution in [-0.2, 0) is 12.6 Å². The van der Waals surface area contributed by atoms with Gasteiger partial charge in [0, 0.05) is 19.8 Å². The zero-order valence-corrected chi connectivity index (χ0v) is 14.3. The topological polar surface area (TPSA) is 67.6 Å². The maximum Gasteiger partial charge on any atom is 0.274 e. The number of imidazole rings is 1. The predicted molar refractivity (Wildman–Crippen MR) is 89.8 cm³/mol. The van der Waals surface area contributed by atoms with Crippen molar-refractivity contribution in [2.45, 2.75) is 31.4 Å². The van der Waals surface area contributed by atoms with Crippen LogP contribution < -0.4 is 4.74 Å². The van der Waals surface area contributed by atoms with Crippen LogP contribution >= 0.6 is 0 Å². The van der Waals surface area contributed by atoms with Crippen LogP contribution in [0.15, 0.2) is 36.8 Å². The summed E-state index contributed by atoms with van der Waals surface area (Å²) in [4.78, 5) is 18.7. The highest BCUT2D eigenvalue weighted by molar-refractivity contribution is 5.92. The molecule has 1 saturated heterocycles. The van der Waals surface area contributed by atoms with Gasteiger partial charge in [0.25, 0.3) is 5.91 Å². The number of hydrogen-bond donors (Lipinski definition) is 1. The van der Waals surface area contributed by atoms with Crippen molar-refractivity contribution in [2.24, 2.45) is 7.05 Å². The van der Waals surface area contributed by atoms with Gasteiger partial charge in [-0.3, -0.25) is 4.79 Å². The number of rotatable bonds is 4. The second-order valence-electron chi connectivity index (χ2n) is 6.46. The molecule has 1 aliphatic rings. The lowest BCUT2D eigenvalue weighted by molar-refractivity contribution is -0.0179. The van der Waals surface area contributed by atoms with Gasteiger partial charge in [-0.15, -0.1) is 0 Å². The maximum absolute atomic E-state index is 12.8. The quantitative estimate of drug-likeness (QED) is 0.931. The number of methoxy groups -OCH3 is 1. The Hall–Kier alpha value is -2.34. The third-order valence-electron chi connectivity index (χ3n) is 4.76. The van der Waals surface area contributed by atoms with E-state index in [0.717, 1.165) is 24.2 Å². The summed E-state index contributed by atoms with van der Waals surface area (Å²) >= 11 is 0. The molecule has 24 heavy (non-hydrogen) atoms. The van der Waals surface area contributed by atoms with Crippen molar-refractivity contribution in [3.8, 4) is 5.75 Å². The number of aromatic nitrogens is 2. The average Bonchev–Trinajstić information content (AvgIpc) is 3.23. The van der Waals surface area contributed by atoms with Gasteiger partial charge in [-0.25, -0.2) is 4.98 Å². The molecule has 1 aromatic heterocycles. The number of carbonyl (C=O) groups is 1. The van der Waals surface area contributed by atoms with E-state index in [4.69, 9.17) is 4.74 Å². The van der Waals surface area contributed by atoms with E-state index in [1.54, 1.807) is 36.0 Å². The van der Waals surface area contributed by atoms with Gasteiger partial charge in [-0.2, -0.15) is 0 Å². The van der Waals surface area contributed by atoms with Gasteiger partial charge in [-0.05, 0) is 37.5 Å². The lowest BCUT2D eigenvalue weighted by Gasteiger charge is -2.36. The van der Waals surface area contributed by atoms with Crippen LogP contribution in [0.3, 0.4) is 0 Å². The second-order valence-corrected chi connectivity index (χ2v) is 6.46. The molecule has 1 N–H and O–H groups in total. The fourth-order valence-electron chi connectivity index (χ4n) is 3.39. The van der Waals surface area contributed by atoms with Crippen molar-refractivity contribution in [1.29, 1.82) is 0 Å². The summed E-state index contributed by atoms with van der Waals surface area (Å²) in [5.74, 6) is 0.606. The first-order valence-electron chi connectivity index (χ1n) is 8.09. The molecule has 0 spiro atoms. The average molecular weight is 329 g/mol. The first kappa shape index (κ1) is 16.5. The number of likely N-dealkylation sites (tertiary alicyclic amines) is 1. The standard InChI is InChI=1S/C18H23N3O3/c1-18(23,13-6-8-14(24-3)9-7-13)16-5-4-10-21(16)17(22)15-11-20(2)12-19-15/h6-9,11-12,16,23H,4-5,10H2,1-3H3/t16-,18+/m1/s1. The minimum absolute atomic E-state index is 0.133. The minimum atomic E-state index is -1.13. The lowest BCUT2D eigenvalue weighted by atomic mass is 9.86. The van der Waals surface area contributed by atoms with E-state index >= 15 is 0 Å². The van der Waals surface area contributed by atoms with Gasteiger partial charge in [-0.1, -0.05) is 12.1 Å². The van der Waals surface area contributed by atoms with Crippen LogP contribution in [0.5, 0.6) is 5.75 Å². The number of benzene rings is 1. The molecular formula is C18H23N3O3. The number of nitrogens with zero attached hydrogens (tertiary/aromatic N) is 3. The molecule has 128 valence electrons.